The quantitative estimate of drug-likeness (QED) is 0.346. The number of benzene rings is 1. The molecule has 2 unspecified atom stereocenters. The third-order valence-electron chi connectivity index (χ3n) is 5.71. The van der Waals surface area contributed by atoms with E-state index in [9.17, 15) is 18.0 Å². The molecule has 0 aliphatic carbocycles. The molecular weight excluding hydrogens is 491 g/mol. The number of alkyl halides is 3. The fraction of sp³-hybridized carbons (Fsp3) is 0.250. The number of nitrogens with zero attached hydrogens (tertiary/aromatic N) is 4. The minimum absolute atomic E-state index is 0.0730. The van der Waals surface area contributed by atoms with Crippen molar-refractivity contribution in [2.24, 2.45) is 0 Å². The fourth-order valence-corrected chi connectivity index (χ4v) is 4.82. The van der Waals surface area contributed by atoms with Gasteiger partial charge in [-0.1, -0.05) is 6.07 Å². The van der Waals surface area contributed by atoms with Crippen molar-refractivity contribution in [2.45, 2.75) is 38.7 Å². The lowest BCUT2D eigenvalue weighted by molar-refractivity contribution is -0.137. The van der Waals surface area contributed by atoms with Crippen molar-refractivity contribution in [1.82, 2.24) is 30.6 Å². The number of hydrogen-bond donors (Lipinski definition) is 3. The summed E-state index contributed by atoms with van der Waals surface area (Å²) in [5, 5.41) is 9.33. The van der Waals surface area contributed by atoms with Gasteiger partial charge in [-0.15, -0.1) is 11.3 Å². The molecule has 0 bridgehead atoms. The molecule has 4 heterocycles. The molecule has 8 nitrogen and oxygen atoms in total. The molecular formula is C24H22F3N7OS. The number of pyridine rings is 1. The number of anilines is 1. The van der Waals surface area contributed by atoms with E-state index in [0.717, 1.165) is 17.4 Å². The maximum absolute atomic E-state index is 13.7. The van der Waals surface area contributed by atoms with Crippen LogP contribution in [0.3, 0.4) is 0 Å². The summed E-state index contributed by atoms with van der Waals surface area (Å²) >= 11 is 1.10. The molecule has 2 atom stereocenters. The van der Waals surface area contributed by atoms with Crippen LogP contribution in [0.25, 0.3) is 22.0 Å². The van der Waals surface area contributed by atoms with E-state index in [1.54, 1.807) is 41.4 Å². The zero-order chi connectivity index (χ0) is 25.4. The maximum atomic E-state index is 13.7. The second kappa shape index (κ2) is 9.45. The lowest BCUT2D eigenvalue weighted by Crippen LogP contribution is -2.32. The Morgan fingerprint density at radius 1 is 1.17 bits per heavy atom. The van der Waals surface area contributed by atoms with Crippen molar-refractivity contribution in [3.05, 3.63) is 70.9 Å². The van der Waals surface area contributed by atoms with Crippen LogP contribution >= 0.6 is 11.3 Å². The summed E-state index contributed by atoms with van der Waals surface area (Å²) in [6, 6.07) is 10.6. The Kier molecular flexibility index (Phi) is 6.33. The lowest BCUT2D eigenvalue weighted by Gasteiger charge is -2.16. The van der Waals surface area contributed by atoms with Crippen LogP contribution in [-0.2, 0) is 6.18 Å². The standard InChI is InChI=1S/C24H22F3N7OS/c1-13-9-21(32-31-13)34-20(11-19(33-34)18-5-3-4-8-28-18)30-22(35)15-6-7-17(24(25,26)27)16(10-15)23-29-14(2)12-36-23/h3-8,10-13,21,31-32H,9H2,1-2H3,(H,30,35). The molecule has 1 amide bonds. The van der Waals surface area contributed by atoms with E-state index in [4.69, 9.17) is 0 Å². The molecule has 36 heavy (non-hydrogen) atoms. The van der Waals surface area contributed by atoms with Crippen LogP contribution in [0.4, 0.5) is 19.0 Å². The zero-order valence-corrected chi connectivity index (χ0v) is 20.1. The first-order chi connectivity index (χ1) is 17.2. The Morgan fingerprint density at radius 3 is 2.64 bits per heavy atom. The summed E-state index contributed by atoms with van der Waals surface area (Å²) in [6.07, 6.45) is -2.47. The average Bonchev–Trinajstić information content (AvgIpc) is 3.58. The highest BCUT2D eigenvalue weighted by atomic mass is 32.1. The SMILES string of the molecule is Cc1csc(-c2cc(C(=O)Nc3cc(-c4ccccn4)nn3C3CC(C)NN3)ccc2C(F)(F)F)n1. The van der Waals surface area contributed by atoms with Gasteiger partial charge in [-0.2, -0.15) is 18.3 Å². The maximum Gasteiger partial charge on any atom is 0.417 e. The molecule has 1 aliphatic rings. The normalized spacial score (nSPS) is 17.9. The molecule has 0 spiro atoms. The third kappa shape index (κ3) is 4.87. The summed E-state index contributed by atoms with van der Waals surface area (Å²) in [4.78, 5) is 21.8. The highest BCUT2D eigenvalue weighted by Gasteiger charge is 2.35. The van der Waals surface area contributed by atoms with Crippen LogP contribution in [0.2, 0.25) is 0 Å². The predicted octanol–water partition coefficient (Wildman–Crippen LogP) is 5.03. The van der Waals surface area contributed by atoms with E-state index >= 15 is 0 Å². The molecule has 0 saturated carbocycles. The largest absolute Gasteiger partial charge is 0.417 e. The van der Waals surface area contributed by atoms with Crippen LogP contribution in [0.5, 0.6) is 0 Å². The monoisotopic (exact) mass is 513 g/mol. The Balaban J connectivity index is 1.50. The molecule has 0 radical (unpaired) electrons. The van der Waals surface area contributed by atoms with Gasteiger partial charge in [-0.3, -0.25) is 15.2 Å². The molecule has 4 aromatic rings. The number of hydrogen-bond acceptors (Lipinski definition) is 7. The Morgan fingerprint density at radius 2 is 2.00 bits per heavy atom. The second-order valence-electron chi connectivity index (χ2n) is 8.52. The van der Waals surface area contributed by atoms with Crippen LogP contribution < -0.4 is 16.2 Å². The van der Waals surface area contributed by atoms with E-state index in [2.05, 4.69) is 31.2 Å². The highest BCUT2D eigenvalue weighted by Crippen LogP contribution is 2.39. The lowest BCUT2D eigenvalue weighted by atomic mass is 10.0. The van der Waals surface area contributed by atoms with Gasteiger partial charge in [-0.05, 0) is 44.2 Å². The first-order valence-electron chi connectivity index (χ1n) is 11.2. The van der Waals surface area contributed by atoms with Crippen molar-refractivity contribution in [1.29, 1.82) is 0 Å². The van der Waals surface area contributed by atoms with E-state index in [1.807, 2.05) is 13.0 Å². The number of hydrazine groups is 1. The number of thiazole rings is 1. The fourth-order valence-electron chi connectivity index (χ4n) is 3.99. The van der Waals surface area contributed by atoms with Gasteiger partial charge in [0.2, 0.25) is 0 Å². The predicted molar refractivity (Wildman–Crippen MR) is 130 cm³/mol. The van der Waals surface area contributed by atoms with Gasteiger partial charge in [0.25, 0.3) is 5.91 Å². The number of aryl methyl sites for hydroxylation is 1. The first kappa shape index (κ1) is 24.1. The summed E-state index contributed by atoms with van der Waals surface area (Å²) < 4.78 is 42.7. The van der Waals surface area contributed by atoms with E-state index in [-0.39, 0.29) is 28.3 Å². The first-order valence-corrected chi connectivity index (χ1v) is 12.0. The molecule has 186 valence electrons. The van der Waals surface area contributed by atoms with Gasteiger partial charge in [-0.25, -0.2) is 15.1 Å². The van der Waals surface area contributed by atoms with Gasteiger partial charge < -0.3 is 5.32 Å². The molecule has 1 saturated heterocycles. The topological polar surface area (TPSA) is 96.8 Å². The number of nitrogens with one attached hydrogen (secondary N) is 3. The van der Waals surface area contributed by atoms with Crippen LogP contribution in [-0.4, -0.2) is 31.7 Å². The van der Waals surface area contributed by atoms with Gasteiger partial charge in [0.05, 0.1) is 11.3 Å². The number of rotatable bonds is 5. The summed E-state index contributed by atoms with van der Waals surface area (Å²) in [5.74, 6) is -0.174. The van der Waals surface area contributed by atoms with Crippen molar-refractivity contribution < 1.29 is 18.0 Å². The molecule has 1 aliphatic heterocycles. The van der Waals surface area contributed by atoms with Gasteiger partial charge in [0.15, 0.2) is 0 Å². The number of halogens is 3. The van der Waals surface area contributed by atoms with Crippen molar-refractivity contribution in [3.63, 3.8) is 0 Å². The zero-order valence-electron chi connectivity index (χ0n) is 19.3. The van der Waals surface area contributed by atoms with Crippen molar-refractivity contribution in [3.8, 4) is 22.0 Å². The minimum Gasteiger partial charge on any atom is -0.307 e. The van der Waals surface area contributed by atoms with E-state index in [1.165, 1.54) is 12.1 Å². The summed E-state index contributed by atoms with van der Waals surface area (Å²) in [5.41, 5.74) is 7.16. The number of aromatic nitrogens is 4. The Labute approximate surface area is 208 Å². The molecule has 3 N–H and O–H groups in total. The molecule has 3 aromatic heterocycles. The van der Waals surface area contributed by atoms with Crippen LogP contribution in [0.1, 0.15) is 41.1 Å². The minimum atomic E-state index is -4.59. The highest BCUT2D eigenvalue weighted by molar-refractivity contribution is 7.13. The molecule has 1 aromatic carbocycles. The van der Waals surface area contributed by atoms with E-state index in [0.29, 0.717) is 29.3 Å². The van der Waals surface area contributed by atoms with Crippen LogP contribution in [0, 0.1) is 6.92 Å². The van der Waals surface area contributed by atoms with E-state index < -0.39 is 17.6 Å². The van der Waals surface area contributed by atoms with Crippen LogP contribution in [0.15, 0.2) is 54.0 Å². The van der Waals surface area contributed by atoms with Gasteiger partial charge in [0, 0.05) is 46.9 Å². The Bertz CT molecular complexity index is 1400. The number of amides is 1. The summed E-state index contributed by atoms with van der Waals surface area (Å²) in [7, 11) is 0. The smallest absolute Gasteiger partial charge is 0.307 e. The van der Waals surface area contributed by atoms with Gasteiger partial charge >= 0.3 is 6.18 Å². The van der Waals surface area contributed by atoms with Crippen molar-refractivity contribution >= 4 is 23.1 Å². The Hall–Kier alpha value is -3.61. The van der Waals surface area contributed by atoms with Crippen molar-refractivity contribution in [2.75, 3.05) is 5.32 Å². The second-order valence-corrected chi connectivity index (χ2v) is 9.38. The molecule has 1 fully saturated rings. The summed E-state index contributed by atoms with van der Waals surface area (Å²) in [6.45, 7) is 3.72. The third-order valence-corrected chi connectivity index (χ3v) is 6.70. The molecule has 5 rings (SSSR count). The average molecular weight is 514 g/mol. The molecule has 12 heteroatoms. The number of carbonyl (C=O) groups is 1. The van der Waals surface area contributed by atoms with Gasteiger partial charge in [0.1, 0.15) is 22.7 Å². The number of carbonyl (C=O) groups excluding carboxylic acids is 1.